The second-order valence-electron chi connectivity index (χ2n) is 6.88. The number of amides is 1. The number of nitrogens with zero attached hydrogens (tertiary/aromatic N) is 3. The smallest absolute Gasteiger partial charge is 0.431 e. The van der Waals surface area contributed by atoms with Crippen LogP contribution < -0.4 is 0 Å². The van der Waals surface area contributed by atoms with Gasteiger partial charge in [-0.25, -0.2) is 4.79 Å². The molecule has 1 aromatic rings. The number of carbonyl (C=O) groups is 1. The van der Waals surface area contributed by atoms with Gasteiger partial charge in [0.2, 0.25) is 0 Å². The summed E-state index contributed by atoms with van der Waals surface area (Å²) in [6.07, 6.45) is 3.87. The molecule has 0 bridgehead atoms. The summed E-state index contributed by atoms with van der Waals surface area (Å²) in [6.45, 7) is 6.22. The summed E-state index contributed by atoms with van der Waals surface area (Å²) < 4.78 is 5.32. The van der Waals surface area contributed by atoms with E-state index in [0.29, 0.717) is 6.61 Å². The van der Waals surface area contributed by atoms with Crippen LogP contribution in [0.3, 0.4) is 0 Å². The Kier molecular flexibility index (Phi) is 6.54. The molecule has 0 aliphatic carbocycles. The van der Waals surface area contributed by atoms with E-state index in [1.54, 1.807) is 5.01 Å². The van der Waals surface area contributed by atoms with Gasteiger partial charge in [0, 0.05) is 19.0 Å². The Bertz CT molecular complexity index is 631. The molecule has 0 N–H and O–H groups in total. The standard InChI is InChI=1S/C20H28ClN3O2/c1-3-16-17(21)18(15-11-7-5-8-12-15)22-24(20(25)26-4-2)19(16)23-13-9-6-10-14-23/h5,7-8,11-12,16-17,19H,3-4,6,9-10,13-14H2,1-2H3/t16-,17-,19-/m1/s1. The van der Waals surface area contributed by atoms with Crippen molar-refractivity contribution < 1.29 is 9.53 Å². The molecule has 0 aromatic heterocycles. The molecule has 6 heteroatoms. The molecule has 3 rings (SSSR count). The second kappa shape index (κ2) is 8.87. The van der Waals surface area contributed by atoms with Gasteiger partial charge in [0.1, 0.15) is 6.17 Å². The highest BCUT2D eigenvalue weighted by Gasteiger charge is 2.45. The number of hydrogen-bond acceptors (Lipinski definition) is 4. The highest BCUT2D eigenvalue weighted by molar-refractivity contribution is 6.35. The Morgan fingerprint density at radius 2 is 1.88 bits per heavy atom. The summed E-state index contributed by atoms with van der Waals surface area (Å²) in [6, 6.07) is 9.88. The minimum Gasteiger partial charge on any atom is -0.448 e. The molecule has 3 atom stereocenters. The summed E-state index contributed by atoms with van der Waals surface area (Å²) in [5, 5.41) is 6.02. The van der Waals surface area contributed by atoms with Gasteiger partial charge < -0.3 is 4.74 Å². The Hall–Kier alpha value is -1.59. The number of ether oxygens (including phenoxy) is 1. The van der Waals surface area contributed by atoms with Crippen molar-refractivity contribution in [3.8, 4) is 0 Å². The second-order valence-corrected chi connectivity index (χ2v) is 7.35. The van der Waals surface area contributed by atoms with E-state index in [4.69, 9.17) is 21.4 Å². The topological polar surface area (TPSA) is 45.1 Å². The van der Waals surface area contributed by atoms with Crippen LogP contribution in [0.4, 0.5) is 4.79 Å². The van der Waals surface area contributed by atoms with Crippen molar-refractivity contribution in [3.05, 3.63) is 35.9 Å². The third kappa shape index (κ3) is 3.89. The lowest BCUT2D eigenvalue weighted by molar-refractivity contribution is -0.0149. The van der Waals surface area contributed by atoms with Crippen LogP contribution in [0.5, 0.6) is 0 Å². The van der Waals surface area contributed by atoms with Crippen LogP contribution in [-0.4, -0.2) is 53.0 Å². The van der Waals surface area contributed by atoms with Crippen LogP contribution in [-0.2, 0) is 4.74 Å². The maximum absolute atomic E-state index is 12.7. The van der Waals surface area contributed by atoms with E-state index >= 15 is 0 Å². The molecule has 2 aliphatic heterocycles. The van der Waals surface area contributed by atoms with Gasteiger partial charge in [-0.15, -0.1) is 11.6 Å². The average molecular weight is 378 g/mol. The molecule has 142 valence electrons. The third-order valence-electron chi connectivity index (χ3n) is 5.25. The van der Waals surface area contributed by atoms with Crippen molar-refractivity contribution in [2.24, 2.45) is 11.0 Å². The first-order chi connectivity index (χ1) is 12.7. The average Bonchev–Trinajstić information content (AvgIpc) is 2.69. The highest BCUT2D eigenvalue weighted by atomic mass is 35.5. The van der Waals surface area contributed by atoms with E-state index in [1.807, 2.05) is 37.3 Å². The van der Waals surface area contributed by atoms with Gasteiger partial charge >= 0.3 is 6.09 Å². The summed E-state index contributed by atoms with van der Waals surface area (Å²) in [5.41, 5.74) is 1.71. The lowest BCUT2D eigenvalue weighted by atomic mass is 9.89. The van der Waals surface area contributed by atoms with E-state index in [2.05, 4.69) is 11.8 Å². The Morgan fingerprint density at radius 3 is 2.50 bits per heavy atom. The fraction of sp³-hybridized carbons (Fsp3) is 0.600. The SMILES string of the molecule is CCOC(=O)N1N=C(c2ccccc2)[C@H](Cl)[C@@H](CC)[C@@H]1N1CCCCC1. The molecular formula is C20H28ClN3O2. The highest BCUT2D eigenvalue weighted by Crippen LogP contribution is 2.34. The van der Waals surface area contributed by atoms with Crippen molar-refractivity contribution in [2.75, 3.05) is 19.7 Å². The molecule has 2 heterocycles. The maximum atomic E-state index is 12.7. The van der Waals surface area contributed by atoms with Crippen LogP contribution in [0.1, 0.15) is 45.1 Å². The Labute approximate surface area is 160 Å². The van der Waals surface area contributed by atoms with Gasteiger partial charge in [0.25, 0.3) is 0 Å². The van der Waals surface area contributed by atoms with Crippen molar-refractivity contribution in [1.82, 2.24) is 9.91 Å². The monoisotopic (exact) mass is 377 g/mol. The van der Waals surface area contributed by atoms with E-state index in [9.17, 15) is 4.79 Å². The predicted octanol–water partition coefficient (Wildman–Crippen LogP) is 4.31. The van der Waals surface area contributed by atoms with Crippen LogP contribution in [0.15, 0.2) is 35.4 Å². The third-order valence-corrected chi connectivity index (χ3v) is 5.78. The molecule has 1 amide bonds. The van der Waals surface area contributed by atoms with Crippen molar-refractivity contribution >= 4 is 23.4 Å². The van der Waals surface area contributed by atoms with E-state index < -0.39 is 6.09 Å². The number of alkyl halides is 1. The fourth-order valence-electron chi connectivity index (χ4n) is 3.96. The summed E-state index contributed by atoms with van der Waals surface area (Å²) in [5.74, 6) is 0.104. The quantitative estimate of drug-likeness (QED) is 0.734. The largest absolute Gasteiger partial charge is 0.448 e. The first kappa shape index (κ1) is 19.2. The number of benzene rings is 1. The number of halogens is 1. The van der Waals surface area contributed by atoms with Crippen LogP contribution in [0.2, 0.25) is 0 Å². The van der Waals surface area contributed by atoms with Gasteiger partial charge in [0.05, 0.1) is 17.7 Å². The van der Waals surface area contributed by atoms with Gasteiger partial charge in [-0.3, -0.25) is 4.90 Å². The molecule has 0 saturated carbocycles. The predicted molar refractivity (Wildman–Crippen MR) is 104 cm³/mol. The lowest BCUT2D eigenvalue weighted by Gasteiger charge is -2.46. The summed E-state index contributed by atoms with van der Waals surface area (Å²) in [4.78, 5) is 15.1. The van der Waals surface area contributed by atoms with Crippen molar-refractivity contribution in [1.29, 1.82) is 0 Å². The zero-order chi connectivity index (χ0) is 18.5. The molecule has 0 radical (unpaired) electrons. The van der Waals surface area contributed by atoms with E-state index in [0.717, 1.165) is 43.6 Å². The molecule has 2 aliphatic rings. The minimum absolute atomic E-state index is 0.104. The number of piperidine rings is 1. The molecule has 1 aromatic carbocycles. The zero-order valence-corrected chi connectivity index (χ0v) is 16.4. The van der Waals surface area contributed by atoms with Crippen molar-refractivity contribution in [2.45, 2.75) is 51.1 Å². The van der Waals surface area contributed by atoms with Gasteiger partial charge in [-0.2, -0.15) is 10.1 Å². The first-order valence-corrected chi connectivity index (χ1v) is 10.1. The zero-order valence-electron chi connectivity index (χ0n) is 15.6. The Balaban J connectivity index is 2.01. The van der Waals surface area contributed by atoms with E-state index in [1.165, 1.54) is 6.42 Å². The molecule has 5 nitrogen and oxygen atoms in total. The first-order valence-electron chi connectivity index (χ1n) is 9.65. The maximum Gasteiger partial charge on any atom is 0.431 e. The van der Waals surface area contributed by atoms with Gasteiger partial charge in [0.15, 0.2) is 0 Å². The molecule has 1 fully saturated rings. The van der Waals surface area contributed by atoms with Gasteiger partial charge in [-0.1, -0.05) is 43.7 Å². The molecule has 0 unspecified atom stereocenters. The Morgan fingerprint density at radius 1 is 1.19 bits per heavy atom. The lowest BCUT2D eigenvalue weighted by Crippen LogP contribution is -2.59. The molecule has 26 heavy (non-hydrogen) atoms. The van der Waals surface area contributed by atoms with E-state index in [-0.39, 0.29) is 17.5 Å². The van der Waals surface area contributed by atoms with Crippen LogP contribution >= 0.6 is 11.6 Å². The fourth-order valence-corrected chi connectivity index (χ4v) is 4.43. The molecule has 0 spiro atoms. The normalized spacial score (nSPS) is 27.1. The number of rotatable bonds is 4. The number of hydrogen-bond donors (Lipinski definition) is 0. The minimum atomic E-state index is -0.390. The van der Waals surface area contributed by atoms with Crippen LogP contribution in [0, 0.1) is 5.92 Å². The van der Waals surface area contributed by atoms with Gasteiger partial charge in [-0.05, 0) is 31.7 Å². The number of likely N-dealkylation sites (tertiary alicyclic amines) is 1. The summed E-state index contributed by atoms with van der Waals surface area (Å²) in [7, 11) is 0. The van der Waals surface area contributed by atoms with Crippen LogP contribution in [0.25, 0.3) is 0 Å². The summed E-state index contributed by atoms with van der Waals surface area (Å²) >= 11 is 6.91. The molecular weight excluding hydrogens is 350 g/mol. The number of hydrazone groups is 1. The van der Waals surface area contributed by atoms with Crippen molar-refractivity contribution in [3.63, 3.8) is 0 Å². The number of carbonyl (C=O) groups excluding carboxylic acids is 1. The molecule has 1 saturated heterocycles.